The Balaban J connectivity index is 2.17. The summed E-state index contributed by atoms with van der Waals surface area (Å²) in [6.45, 7) is 5.04. The first kappa shape index (κ1) is 9.69. The van der Waals surface area contributed by atoms with Crippen LogP contribution in [0.5, 0.6) is 0 Å². The lowest BCUT2D eigenvalue weighted by Gasteiger charge is -2.16. The molecule has 2 nitrogen and oxygen atoms in total. The van der Waals surface area contributed by atoms with Crippen LogP contribution in [0, 0.1) is 12.8 Å². The predicted molar refractivity (Wildman–Crippen MR) is 59.3 cm³/mol. The number of nitrogens with two attached hydrogens (primary N) is 1. The highest BCUT2D eigenvalue weighted by atomic mass is 14.9. The van der Waals surface area contributed by atoms with Gasteiger partial charge in [-0.1, -0.05) is 29.8 Å². The largest absolute Gasteiger partial charge is 0.330 e. The Labute approximate surface area is 85.5 Å². The molecule has 1 aromatic rings. The smallest absolute Gasteiger partial charge is 0.00239 e. The molecule has 0 amide bonds. The number of nitrogens with one attached hydrogen (secondary N) is 1. The molecule has 1 aliphatic rings. The maximum atomic E-state index is 5.75. The molecular formula is C12H18N2. The number of rotatable bonds is 2. The van der Waals surface area contributed by atoms with Crippen LogP contribution in [0.1, 0.15) is 17.0 Å². The van der Waals surface area contributed by atoms with Crippen LogP contribution in [0.4, 0.5) is 0 Å². The molecule has 1 saturated heterocycles. The van der Waals surface area contributed by atoms with Crippen LogP contribution in [-0.4, -0.2) is 19.6 Å². The summed E-state index contributed by atoms with van der Waals surface area (Å²) in [5.41, 5.74) is 8.50. The van der Waals surface area contributed by atoms with E-state index in [9.17, 15) is 0 Å². The van der Waals surface area contributed by atoms with E-state index in [1.165, 1.54) is 11.1 Å². The van der Waals surface area contributed by atoms with E-state index in [-0.39, 0.29) is 0 Å². The number of hydrogen-bond acceptors (Lipinski definition) is 2. The summed E-state index contributed by atoms with van der Waals surface area (Å²) in [6.07, 6.45) is 0. The van der Waals surface area contributed by atoms with E-state index < -0.39 is 0 Å². The first-order chi connectivity index (χ1) is 6.81. The highest BCUT2D eigenvalue weighted by Crippen LogP contribution is 2.27. The third kappa shape index (κ3) is 1.81. The van der Waals surface area contributed by atoms with Crippen molar-refractivity contribution >= 4 is 0 Å². The summed E-state index contributed by atoms with van der Waals surface area (Å²) in [5, 5.41) is 3.41. The summed E-state index contributed by atoms with van der Waals surface area (Å²) in [4.78, 5) is 0. The van der Waals surface area contributed by atoms with Gasteiger partial charge in [-0.3, -0.25) is 0 Å². The van der Waals surface area contributed by atoms with Gasteiger partial charge >= 0.3 is 0 Å². The van der Waals surface area contributed by atoms with Crippen LogP contribution in [-0.2, 0) is 0 Å². The molecule has 76 valence electrons. The van der Waals surface area contributed by atoms with Gasteiger partial charge in [0, 0.05) is 12.5 Å². The molecule has 2 atom stereocenters. The summed E-state index contributed by atoms with van der Waals surface area (Å²) >= 11 is 0. The zero-order valence-corrected chi connectivity index (χ0v) is 8.66. The van der Waals surface area contributed by atoms with Crippen molar-refractivity contribution in [2.45, 2.75) is 12.8 Å². The average molecular weight is 190 g/mol. The third-order valence-corrected chi connectivity index (χ3v) is 3.15. The Morgan fingerprint density at radius 2 is 2.00 bits per heavy atom. The lowest BCUT2D eigenvalue weighted by atomic mass is 9.89. The second kappa shape index (κ2) is 4.11. The molecule has 1 heterocycles. The van der Waals surface area contributed by atoms with Gasteiger partial charge < -0.3 is 11.1 Å². The van der Waals surface area contributed by atoms with Crippen molar-refractivity contribution in [1.82, 2.24) is 5.32 Å². The zero-order chi connectivity index (χ0) is 9.97. The van der Waals surface area contributed by atoms with Gasteiger partial charge in [-0.05, 0) is 31.5 Å². The summed E-state index contributed by atoms with van der Waals surface area (Å²) in [7, 11) is 0. The van der Waals surface area contributed by atoms with Crippen molar-refractivity contribution in [3.63, 3.8) is 0 Å². The monoisotopic (exact) mass is 190 g/mol. The topological polar surface area (TPSA) is 38.0 Å². The normalized spacial score (nSPS) is 26.7. The van der Waals surface area contributed by atoms with Crippen molar-refractivity contribution in [3.05, 3.63) is 35.4 Å². The summed E-state index contributed by atoms with van der Waals surface area (Å²) < 4.78 is 0. The highest BCUT2D eigenvalue weighted by molar-refractivity contribution is 5.26. The van der Waals surface area contributed by atoms with Crippen LogP contribution < -0.4 is 11.1 Å². The van der Waals surface area contributed by atoms with E-state index in [0.29, 0.717) is 11.8 Å². The van der Waals surface area contributed by atoms with Gasteiger partial charge in [0.1, 0.15) is 0 Å². The Kier molecular flexibility index (Phi) is 2.85. The van der Waals surface area contributed by atoms with Crippen molar-refractivity contribution < 1.29 is 0 Å². The molecule has 2 heteroatoms. The Bertz CT molecular complexity index is 292. The fourth-order valence-corrected chi connectivity index (χ4v) is 2.18. The Hall–Kier alpha value is -0.860. The molecular weight excluding hydrogens is 172 g/mol. The van der Waals surface area contributed by atoms with E-state index in [4.69, 9.17) is 5.73 Å². The van der Waals surface area contributed by atoms with Gasteiger partial charge in [-0.25, -0.2) is 0 Å². The van der Waals surface area contributed by atoms with Gasteiger partial charge in [0.05, 0.1) is 0 Å². The third-order valence-electron chi connectivity index (χ3n) is 3.15. The molecule has 0 aromatic heterocycles. The van der Waals surface area contributed by atoms with E-state index in [1.54, 1.807) is 0 Å². The second-order valence-electron chi connectivity index (χ2n) is 4.17. The van der Waals surface area contributed by atoms with Crippen molar-refractivity contribution in [2.75, 3.05) is 19.6 Å². The fraction of sp³-hybridized carbons (Fsp3) is 0.500. The van der Waals surface area contributed by atoms with Crippen LogP contribution >= 0.6 is 0 Å². The van der Waals surface area contributed by atoms with E-state index in [2.05, 4.69) is 36.5 Å². The molecule has 0 bridgehead atoms. The molecule has 0 saturated carbocycles. The van der Waals surface area contributed by atoms with Gasteiger partial charge in [0.2, 0.25) is 0 Å². The molecule has 1 aliphatic heterocycles. The van der Waals surface area contributed by atoms with Crippen LogP contribution in [0.25, 0.3) is 0 Å². The number of aryl methyl sites for hydroxylation is 1. The van der Waals surface area contributed by atoms with Gasteiger partial charge in [0.15, 0.2) is 0 Å². The zero-order valence-electron chi connectivity index (χ0n) is 8.66. The average Bonchev–Trinajstić information content (AvgIpc) is 2.67. The van der Waals surface area contributed by atoms with Crippen molar-refractivity contribution in [1.29, 1.82) is 0 Å². The van der Waals surface area contributed by atoms with E-state index in [0.717, 1.165) is 19.6 Å². The molecule has 0 spiro atoms. The van der Waals surface area contributed by atoms with Gasteiger partial charge in [-0.15, -0.1) is 0 Å². The first-order valence-electron chi connectivity index (χ1n) is 5.28. The lowest BCUT2D eigenvalue weighted by molar-refractivity contribution is 0.531. The molecule has 1 aromatic carbocycles. The van der Waals surface area contributed by atoms with Gasteiger partial charge in [-0.2, -0.15) is 0 Å². The maximum Gasteiger partial charge on any atom is 0.00239 e. The van der Waals surface area contributed by atoms with Crippen LogP contribution in [0.3, 0.4) is 0 Å². The minimum Gasteiger partial charge on any atom is -0.330 e. The first-order valence-corrected chi connectivity index (χ1v) is 5.28. The van der Waals surface area contributed by atoms with Gasteiger partial charge in [0.25, 0.3) is 0 Å². The number of benzene rings is 1. The molecule has 1 fully saturated rings. The molecule has 0 radical (unpaired) electrons. The van der Waals surface area contributed by atoms with Crippen LogP contribution in [0.15, 0.2) is 24.3 Å². The second-order valence-corrected chi connectivity index (χ2v) is 4.17. The summed E-state index contributed by atoms with van der Waals surface area (Å²) in [6, 6.07) is 8.83. The van der Waals surface area contributed by atoms with Crippen molar-refractivity contribution in [3.8, 4) is 0 Å². The van der Waals surface area contributed by atoms with Crippen molar-refractivity contribution in [2.24, 2.45) is 11.7 Å². The molecule has 2 unspecified atom stereocenters. The predicted octanol–water partition coefficient (Wildman–Crippen LogP) is 1.26. The molecule has 2 rings (SSSR count). The number of hydrogen-bond donors (Lipinski definition) is 2. The summed E-state index contributed by atoms with van der Waals surface area (Å²) in [5.74, 6) is 1.22. The van der Waals surface area contributed by atoms with Crippen LogP contribution in [0.2, 0.25) is 0 Å². The Morgan fingerprint density at radius 3 is 2.64 bits per heavy atom. The molecule has 3 N–H and O–H groups in total. The fourth-order valence-electron chi connectivity index (χ4n) is 2.18. The lowest BCUT2D eigenvalue weighted by Crippen LogP contribution is -2.21. The Morgan fingerprint density at radius 1 is 1.29 bits per heavy atom. The standard InChI is InChI=1S/C12H18N2/c1-9-2-4-10(5-3-9)12-8-14-7-11(12)6-13/h2-5,11-12,14H,6-8,13H2,1H3. The minimum absolute atomic E-state index is 0.609. The minimum atomic E-state index is 0.609. The maximum absolute atomic E-state index is 5.75. The molecule has 0 aliphatic carbocycles. The van der Waals surface area contributed by atoms with E-state index >= 15 is 0 Å². The van der Waals surface area contributed by atoms with E-state index in [1.807, 2.05) is 0 Å². The SMILES string of the molecule is Cc1ccc(C2CNCC2CN)cc1. The highest BCUT2D eigenvalue weighted by Gasteiger charge is 2.26. The quantitative estimate of drug-likeness (QED) is 0.736. The molecule has 14 heavy (non-hydrogen) atoms.